The van der Waals surface area contributed by atoms with E-state index in [4.69, 9.17) is 0 Å². The van der Waals surface area contributed by atoms with E-state index in [0.717, 1.165) is 19.5 Å². The third-order valence-electron chi connectivity index (χ3n) is 3.28. The first kappa shape index (κ1) is 8.63. The summed E-state index contributed by atoms with van der Waals surface area (Å²) in [4.78, 5) is 15.7. The molecule has 2 aliphatic rings. The molecule has 0 aromatic heterocycles. The number of dihydropyridines is 1. The van der Waals surface area contributed by atoms with Gasteiger partial charge in [-0.05, 0) is 0 Å². The third-order valence-corrected chi connectivity index (χ3v) is 3.28. The Morgan fingerprint density at radius 3 is 3.15 bits per heavy atom. The number of carbonyl (C=O) groups excluding carboxylic acids is 1. The number of rotatable bonds is 0. The SMILES string of the molecule is CC(=O)[N+]1(C)CCC2CN=CC=C21. The summed E-state index contributed by atoms with van der Waals surface area (Å²) in [6, 6.07) is 0. The van der Waals surface area contributed by atoms with Crippen LogP contribution in [0.25, 0.3) is 0 Å². The summed E-state index contributed by atoms with van der Waals surface area (Å²) in [5.41, 5.74) is 1.25. The van der Waals surface area contributed by atoms with Crippen LogP contribution in [-0.2, 0) is 4.79 Å². The molecule has 0 aromatic rings. The maximum absolute atomic E-state index is 11.5. The number of quaternary nitrogens is 1. The van der Waals surface area contributed by atoms with Gasteiger partial charge < -0.3 is 0 Å². The van der Waals surface area contributed by atoms with Crippen molar-refractivity contribution in [3.05, 3.63) is 11.8 Å². The van der Waals surface area contributed by atoms with E-state index in [0.29, 0.717) is 10.4 Å². The predicted molar refractivity (Wildman–Crippen MR) is 51.3 cm³/mol. The predicted octanol–water partition coefficient (Wildman–Crippen LogP) is 0.968. The van der Waals surface area contributed by atoms with Crippen molar-refractivity contribution in [2.45, 2.75) is 13.3 Å². The molecule has 2 atom stereocenters. The highest BCUT2D eigenvalue weighted by Crippen LogP contribution is 2.35. The molecular weight excluding hydrogens is 164 g/mol. The van der Waals surface area contributed by atoms with Gasteiger partial charge >= 0.3 is 5.91 Å². The number of fused-ring (bicyclic) bond motifs is 1. The lowest BCUT2D eigenvalue weighted by Crippen LogP contribution is -2.44. The van der Waals surface area contributed by atoms with Gasteiger partial charge in [-0.15, -0.1) is 0 Å². The fourth-order valence-electron chi connectivity index (χ4n) is 2.24. The molecular formula is C10H15N2O+. The average molecular weight is 179 g/mol. The van der Waals surface area contributed by atoms with E-state index in [1.807, 2.05) is 19.3 Å². The number of hydrogen-bond donors (Lipinski definition) is 0. The molecule has 2 heterocycles. The molecule has 0 aromatic carbocycles. The number of aliphatic imine (C=N–C) groups is 1. The van der Waals surface area contributed by atoms with Gasteiger partial charge in [0.2, 0.25) is 0 Å². The standard InChI is InChI=1S/C10H15N2O/c1-8(13)12(2)6-4-9-7-11-5-3-10(9)12/h3,5,9H,4,6-7H2,1-2H3/q+1. The second kappa shape index (κ2) is 2.77. The van der Waals surface area contributed by atoms with E-state index in [9.17, 15) is 4.79 Å². The van der Waals surface area contributed by atoms with E-state index in [1.165, 1.54) is 5.70 Å². The van der Waals surface area contributed by atoms with E-state index in [1.54, 1.807) is 6.92 Å². The van der Waals surface area contributed by atoms with Gasteiger partial charge in [-0.1, -0.05) is 0 Å². The van der Waals surface area contributed by atoms with Crippen LogP contribution in [0.4, 0.5) is 0 Å². The number of likely N-dealkylation sites (tertiary alicyclic amines) is 1. The van der Waals surface area contributed by atoms with Crippen molar-refractivity contribution in [2.24, 2.45) is 10.9 Å². The van der Waals surface area contributed by atoms with E-state index < -0.39 is 0 Å². The zero-order valence-electron chi connectivity index (χ0n) is 8.16. The lowest BCUT2D eigenvalue weighted by atomic mass is 10.0. The first-order valence-corrected chi connectivity index (χ1v) is 4.72. The number of amides is 1. The molecule has 0 spiro atoms. The Hall–Kier alpha value is -0.960. The second-order valence-corrected chi connectivity index (χ2v) is 4.03. The van der Waals surface area contributed by atoms with Crippen LogP contribution in [-0.4, -0.2) is 36.7 Å². The molecule has 1 saturated heterocycles. The first-order chi connectivity index (χ1) is 6.14. The van der Waals surface area contributed by atoms with Gasteiger partial charge in [0.05, 0.1) is 33.0 Å². The summed E-state index contributed by atoms with van der Waals surface area (Å²) in [6.45, 7) is 3.48. The van der Waals surface area contributed by atoms with Crippen molar-refractivity contribution in [3.63, 3.8) is 0 Å². The third kappa shape index (κ3) is 1.15. The molecule has 13 heavy (non-hydrogen) atoms. The molecule has 2 aliphatic heterocycles. The highest BCUT2D eigenvalue weighted by molar-refractivity contribution is 5.75. The van der Waals surface area contributed by atoms with E-state index in [-0.39, 0.29) is 5.91 Å². The summed E-state index contributed by atoms with van der Waals surface area (Å²) in [5.74, 6) is 0.753. The summed E-state index contributed by atoms with van der Waals surface area (Å²) >= 11 is 0. The first-order valence-electron chi connectivity index (χ1n) is 4.72. The van der Waals surface area contributed by atoms with Crippen molar-refractivity contribution in [1.82, 2.24) is 0 Å². The summed E-state index contributed by atoms with van der Waals surface area (Å²) in [6.07, 6.45) is 4.94. The highest BCUT2D eigenvalue weighted by atomic mass is 16.2. The van der Waals surface area contributed by atoms with Gasteiger partial charge in [-0.25, -0.2) is 9.28 Å². The Balaban J connectivity index is 2.38. The summed E-state index contributed by atoms with van der Waals surface area (Å²) in [7, 11) is 2.01. The van der Waals surface area contributed by atoms with Crippen LogP contribution in [0.3, 0.4) is 0 Å². The molecule has 3 nitrogen and oxygen atoms in total. The zero-order chi connectivity index (χ0) is 9.47. The zero-order valence-corrected chi connectivity index (χ0v) is 8.16. The van der Waals surface area contributed by atoms with Crippen LogP contribution >= 0.6 is 0 Å². The molecule has 1 amide bonds. The molecule has 0 N–H and O–H groups in total. The summed E-state index contributed by atoms with van der Waals surface area (Å²) < 4.78 is 0.497. The van der Waals surface area contributed by atoms with Crippen LogP contribution in [0.2, 0.25) is 0 Å². The Kier molecular flexibility index (Phi) is 1.84. The van der Waals surface area contributed by atoms with E-state index in [2.05, 4.69) is 4.99 Å². The van der Waals surface area contributed by atoms with Crippen LogP contribution in [0, 0.1) is 5.92 Å². The maximum atomic E-state index is 11.5. The monoisotopic (exact) mass is 179 g/mol. The minimum Gasteiger partial charge on any atom is -0.292 e. The number of hydrogen-bond acceptors (Lipinski definition) is 2. The van der Waals surface area contributed by atoms with Crippen molar-refractivity contribution in [2.75, 3.05) is 20.1 Å². The van der Waals surface area contributed by atoms with Crippen molar-refractivity contribution < 1.29 is 9.28 Å². The molecule has 2 rings (SSSR count). The van der Waals surface area contributed by atoms with Gasteiger partial charge in [0, 0.05) is 18.7 Å². The highest BCUT2D eigenvalue weighted by Gasteiger charge is 2.44. The Bertz CT molecular complexity index is 306. The van der Waals surface area contributed by atoms with Gasteiger partial charge in [-0.3, -0.25) is 4.99 Å². The fourth-order valence-corrected chi connectivity index (χ4v) is 2.24. The molecule has 70 valence electrons. The van der Waals surface area contributed by atoms with Crippen molar-refractivity contribution in [1.29, 1.82) is 0 Å². The molecule has 3 heteroatoms. The van der Waals surface area contributed by atoms with Gasteiger partial charge in [0.25, 0.3) is 0 Å². The van der Waals surface area contributed by atoms with Gasteiger partial charge in [-0.2, -0.15) is 0 Å². The smallest absolute Gasteiger partial charge is 0.292 e. The molecule has 0 saturated carbocycles. The Labute approximate surface area is 78.3 Å². The molecule has 1 fully saturated rings. The van der Waals surface area contributed by atoms with Gasteiger partial charge in [0.1, 0.15) is 5.70 Å². The average Bonchev–Trinajstić information content (AvgIpc) is 2.47. The van der Waals surface area contributed by atoms with Gasteiger partial charge in [0.15, 0.2) is 0 Å². The fraction of sp³-hybridized carbons (Fsp3) is 0.600. The Morgan fingerprint density at radius 2 is 2.46 bits per heavy atom. The van der Waals surface area contributed by atoms with Crippen molar-refractivity contribution >= 4 is 12.1 Å². The quantitative estimate of drug-likeness (QED) is 0.509. The topological polar surface area (TPSA) is 29.4 Å². The number of allylic oxidation sites excluding steroid dienone is 1. The molecule has 0 aliphatic carbocycles. The molecule has 0 radical (unpaired) electrons. The lowest BCUT2D eigenvalue weighted by Gasteiger charge is -2.27. The largest absolute Gasteiger partial charge is 0.315 e. The van der Waals surface area contributed by atoms with Crippen LogP contribution in [0.15, 0.2) is 16.8 Å². The van der Waals surface area contributed by atoms with E-state index >= 15 is 0 Å². The minimum atomic E-state index is 0.240. The lowest BCUT2D eigenvalue weighted by molar-refractivity contribution is -0.785. The second-order valence-electron chi connectivity index (χ2n) is 4.03. The molecule has 0 bridgehead atoms. The molecule has 2 unspecified atom stereocenters. The minimum absolute atomic E-state index is 0.240. The Morgan fingerprint density at radius 1 is 1.69 bits per heavy atom. The van der Waals surface area contributed by atoms with Crippen molar-refractivity contribution in [3.8, 4) is 0 Å². The van der Waals surface area contributed by atoms with Crippen LogP contribution in [0.5, 0.6) is 0 Å². The number of nitrogens with zero attached hydrogens (tertiary/aromatic N) is 2. The normalized spacial score (nSPS) is 37.1. The number of carbonyl (C=O) groups is 1. The maximum Gasteiger partial charge on any atom is 0.315 e. The van der Waals surface area contributed by atoms with Crippen LogP contribution in [0.1, 0.15) is 13.3 Å². The summed E-state index contributed by atoms with van der Waals surface area (Å²) in [5, 5.41) is 0. The van der Waals surface area contributed by atoms with Crippen LogP contribution < -0.4 is 0 Å².